The molecule has 1 unspecified atom stereocenters. The summed E-state index contributed by atoms with van der Waals surface area (Å²) >= 11 is 0. The Hall–Kier alpha value is -1.36. The Kier molecular flexibility index (Phi) is 4.01. The Morgan fingerprint density at radius 1 is 1.56 bits per heavy atom. The molecule has 1 aromatic rings. The van der Waals surface area contributed by atoms with Crippen LogP contribution < -0.4 is 5.32 Å². The van der Waals surface area contributed by atoms with Gasteiger partial charge in [0.05, 0.1) is 11.3 Å². The Labute approximate surface area is 108 Å². The molecule has 5 nitrogen and oxygen atoms in total. The molecule has 0 aliphatic carbocycles. The molecule has 1 amide bonds. The molecule has 5 heteroatoms. The van der Waals surface area contributed by atoms with Crippen molar-refractivity contribution in [3.8, 4) is 0 Å². The molecular formula is C13H22N4O. The molecule has 1 saturated heterocycles. The molecule has 0 saturated carbocycles. The lowest BCUT2D eigenvalue weighted by Gasteiger charge is -2.35. The predicted molar refractivity (Wildman–Crippen MR) is 70.5 cm³/mol. The number of hydrogen-bond acceptors (Lipinski definition) is 3. The Bertz CT molecular complexity index is 425. The van der Waals surface area contributed by atoms with Crippen molar-refractivity contribution in [3.05, 3.63) is 17.5 Å². The highest BCUT2D eigenvalue weighted by molar-refractivity contribution is 5.95. The van der Waals surface area contributed by atoms with E-state index in [1.807, 2.05) is 32.1 Å². The molecule has 1 aliphatic heterocycles. The highest BCUT2D eigenvalue weighted by atomic mass is 16.2. The van der Waals surface area contributed by atoms with E-state index >= 15 is 0 Å². The van der Waals surface area contributed by atoms with Crippen LogP contribution in [-0.2, 0) is 7.05 Å². The van der Waals surface area contributed by atoms with Crippen molar-refractivity contribution in [1.82, 2.24) is 20.0 Å². The molecule has 0 radical (unpaired) electrons. The fourth-order valence-electron chi connectivity index (χ4n) is 2.68. The predicted octanol–water partition coefficient (Wildman–Crippen LogP) is 0.943. The topological polar surface area (TPSA) is 50.2 Å². The van der Waals surface area contributed by atoms with E-state index in [4.69, 9.17) is 0 Å². The van der Waals surface area contributed by atoms with Crippen LogP contribution in [0.2, 0.25) is 0 Å². The van der Waals surface area contributed by atoms with Gasteiger partial charge in [-0.15, -0.1) is 0 Å². The zero-order valence-corrected chi connectivity index (χ0v) is 11.4. The van der Waals surface area contributed by atoms with Crippen LogP contribution in [0.15, 0.2) is 6.20 Å². The number of nitrogens with zero attached hydrogens (tertiary/aromatic N) is 3. The fraction of sp³-hybridized carbons (Fsp3) is 0.692. The van der Waals surface area contributed by atoms with Crippen molar-refractivity contribution >= 4 is 5.91 Å². The first-order chi connectivity index (χ1) is 8.63. The number of likely N-dealkylation sites (tertiary alicyclic amines) is 1. The molecular weight excluding hydrogens is 228 g/mol. The van der Waals surface area contributed by atoms with Crippen molar-refractivity contribution in [3.63, 3.8) is 0 Å². The van der Waals surface area contributed by atoms with Crippen LogP contribution in [0.5, 0.6) is 0 Å². The van der Waals surface area contributed by atoms with Crippen LogP contribution in [-0.4, -0.2) is 46.8 Å². The van der Waals surface area contributed by atoms with Crippen LogP contribution in [0, 0.1) is 6.92 Å². The summed E-state index contributed by atoms with van der Waals surface area (Å²) in [6.45, 7) is 3.62. The van der Waals surface area contributed by atoms with Gasteiger partial charge in [-0.05, 0) is 33.2 Å². The number of rotatable bonds is 3. The number of amides is 1. The van der Waals surface area contributed by atoms with E-state index in [0.717, 1.165) is 37.2 Å². The Morgan fingerprint density at radius 2 is 2.33 bits per heavy atom. The van der Waals surface area contributed by atoms with Gasteiger partial charge in [-0.3, -0.25) is 9.48 Å². The molecule has 2 heterocycles. The molecule has 1 aromatic heterocycles. The minimum atomic E-state index is 0.126. The summed E-state index contributed by atoms with van der Waals surface area (Å²) < 4.78 is 1.71. The SMILES string of the molecule is CNCC1CCCCN1C(=O)c1cn(C)nc1C. The number of nitrogens with one attached hydrogen (secondary N) is 1. The molecule has 2 rings (SSSR count). The molecule has 0 bridgehead atoms. The summed E-state index contributed by atoms with van der Waals surface area (Å²) in [5.74, 6) is 0.126. The monoisotopic (exact) mass is 250 g/mol. The zero-order valence-electron chi connectivity index (χ0n) is 11.4. The average molecular weight is 250 g/mol. The Balaban J connectivity index is 2.18. The maximum absolute atomic E-state index is 12.6. The number of carbonyl (C=O) groups is 1. The van der Waals surface area contributed by atoms with Gasteiger partial charge in [0.25, 0.3) is 5.91 Å². The lowest BCUT2D eigenvalue weighted by molar-refractivity contribution is 0.0614. The fourth-order valence-corrected chi connectivity index (χ4v) is 2.68. The van der Waals surface area contributed by atoms with Gasteiger partial charge < -0.3 is 10.2 Å². The summed E-state index contributed by atoms with van der Waals surface area (Å²) in [4.78, 5) is 14.6. The van der Waals surface area contributed by atoms with Crippen molar-refractivity contribution in [2.75, 3.05) is 20.1 Å². The quantitative estimate of drug-likeness (QED) is 0.868. The molecule has 1 aliphatic rings. The van der Waals surface area contributed by atoms with E-state index in [-0.39, 0.29) is 5.91 Å². The van der Waals surface area contributed by atoms with Crippen LogP contribution in [0.25, 0.3) is 0 Å². The maximum atomic E-state index is 12.6. The minimum Gasteiger partial charge on any atom is -0.334 e. The van der Waals surface area contributed by atoms with E-state index in [0.29, 0.717) is 6.04 Å². The lowest BCUT2D eigenvalue weighted by atomic mass is 10.0. The summed E-state index contributed by atoms with van der Waals surface area (Å²) in [6, 6.07) is 0.316. The normalized spacial score (nSPS) is 20.2. The average Bonchev–Trinajstić information content (AvgIpc) is 2.69. The van der Waals surface area contributed by atoms with E-state index in [9.17, 15) is 4.79 Å². The number of carbonyl (C=O) groups excluding carboxylic acids is 1. The number of piperidine rings is 1. The maximum Gasteiger partial charge on any atom is 0.257 e. The zero-order chi connectivity index (χ0) is 13.1. The molecule has 1 N–H and O–H groups in total. The third kappa shape index (κ3) is 2.56. The number of aryl methyl sites for hydroxylation is 2. The highest BCUT2D eigenvalue weighted by Gasteiger charge is 2.28. The number of likely N-dealkylation sites (N-methyl/N-ethyl adjacent to an activating group) is 1. The van der Waals surface area contributed by atoms with Gasteiger partial charge in [-0.25, -0.2) is 0 Å². The van der Waals surface area contributed by atoms with Gasteiger partial charge in [0.1, 0.15) is 0 Å². The van der Waals surface area contributed by atoms with Gasteiger partial charge >= 0.3 is 0 Å². The molecule has 1 atom stereocenters. The van der Waals surface area contributed by atoms with Gasteiger partial charge in [0, 0.05) is 32.4 Å². The second-order valence-electron chi connectivity index (χ2n) is 5.01. The van der Waals surface area contributed by atoms with Gasteiger partial charge in [0.2, 0.25) is 0 Å². The second-order valence-corrected chi connectivity index (χ2v) is 5.01. The van der Waals surface area contributed by atoms with E-state index in [2.05, 4.69) is 10.4 Å². The van der Waals surface area contributed by atoms with E-state index < -0.39 is 0 Å². The van der Waals surface area contributed by atoms with Crippen LogP contribution >= 0.6 is 0 Å². The van der Waals surface area contributed by atoms with Crippen LogP contribution in [0.4, 0.5) is 0 Å². The first-order valence-electron chi connectivity index (χ1n) is 6.59. The van der Waals surface area contributed by atoms with E-state index in [1.54, 1.807) is 4.68 Å². The summed E-state index contributed by atoms with van der Waals surface area (Å²) in [5.41, 5.74) is 1.55. The van der Waals surface area contributed by atoms with Crippen molar-refractivity contribution in [2.45, 2.75) is 32.2 Å². The van der Waals surface area contributed by atoms with Crippen molar-refractivity contribution < 1.29 is 4.79 Å². The molecule has 18 heavy (non-hydrogen) atoms. The summed E-state index contributed by atoms with van der Waals surface area (Å²) in [6.07, 6.45) is 5.22. The largest absolute Gasteiger partial charge is 0.334 e. The van der Waals surface area contributed by atoms with Gasteiger partial charge in [-0.2, -0.15) is 5.10 Å². The van der Waals surface area contributed by atoms with Crippen LogP contribution in [0.1, 0.15) is 35.3 Å². The third-order valence-corrected chi connectivity index (χ3v) is 3.57. The molecule has 1 fully saturated rings. The highest BCUT2D eigenvalue weighted by Crippen LogP contribution is 2.20. The second kappa shape index (κ2) is 5.52. The Morgan fingerprint density at radius 3 is 2.94 bits per heavy atom. The first kappa shape index (κ1) is 13.1. The first-order valence-corrected chi connectivity index (χ1v) is 6.59. The van der Waals surface area contributed by atoms with Crippen molar-refractivity contribution in [2.24, 2.45) is 7.05 Å². The van der Waals surface area contributed by atoms with E-state index in [1.165, 1.54) is 6.42 Å². The number of aromatic nitrogens is 2. The van der Waals surface area contributed by atoms with Gasteiger partial charge in [0.15, 0.2) is 0 Å². The lowest BCUT2D eigenvalue weighted by Crippen LogP contribution is -2.48. The smallest absolute Gasteiger partial charge is 0.257 e. The summed E-state index contributed by atoms with van der Waals surface area (Å²) in [5, 5.41) is 7.43. The van der Waals surface area contributed by atoms with Crippen molar-refractivity contribution in [1.29, 1.82) is 0 Å². The minimum absolute atomic E-state index is 0.126. The van der Waals surface area contributed by atoms with Gasteiger partial charge in [-0.1, -0.05) is 0 Å². The molecule has 0 spiro atoms. The van der Waals surface area contributed by atoms with Crippen LogP contribution in [0.3, 0.4) is 0 Å². The third-order valence-electron chi connectivity index (χ3n) is 3.57. The number of hydrogen-bond donors (Lipinski definition) is 1. The molecule has 100 valence electrons. The summed E-state index contributed by atoms with van der Waals surface area (Å²) in [7, 11) is 3.79. The molecule has 0 aromatic carbocycles. The standard InChI is InChI=1S/C13H22N4O/c1-10-12(9-16(3)15-10)13(18)17-7-5-4-6-11(17)8-14-2/h9,11,14H,4-8H2,1-3H3.